The van der Waals surface area contributed by atoms with Gasteiger partial charge in [0.05, 0.1) is 12.5 Å². The highest BCUT2D eigenvalue weighted by Gasteiger charge is 2.07. The van der Waals surface area contributed by atoms with E-state index < -0.39 is 0 Å². The summed E-state index contributed by atoms with van der Waals surface area (Å²) in [6.45, 7) is 10.0. The molecule has 0 atom stereocenters. The van der Waals surface area contributed by atoms with Crippen LogP contribution in [0.2, 0.25) is 0 Å². The molecular weight excluding hydrogens is 268 g/mol. The van der Waals surface area contributed by atoms with Crippen LogP contribution < -0.4 is 0 Å². The first-order chi connectivity index (χ1) is 9.82. The van der Waals surface area contributed by atoms with Gasteiger partial charge < -0.3 is 9.47 Å². The van der Waals surface area contributed by atoms with Crippen LogP contribution in [0.4, 0.5) is 0 Å². The number of rotatable bonds is 5. The number of hydrogen-bond donors (Lipinski definition) is 0. The number of hydrogen-bond acceptors (Lipinski definition) is 4. The molecule has 0 aliphatic rings. The number of benzene rings is 1. The molecule has 21 heavy (non-hydrogen) atoms. The Hall–Kier alpha value is -1.84. The summed E-state index contributed by atoms with van der Waals surface area (Å²) >= 11 is 0. The molecule has 118 valence electrons. The Morgan fingerprint density at radius 2 is 1.57 bits per heavy atom. The van der Waals surface area contributed by atoms with Crippen molar-refractivity contribution in [3.63, 3.8) is 0 Å². The van der Waals surface area contributed by atoms with Gasteiger partial charge in [0, 0.05) is 6.92 Å². The number of carbonyl (C=O) groups excluding carboxylic acids is 2. The van der Waals surface area contributed by atoms with Gasteiger partial charge in [-0.25, -0.2) is 0 Å². The first-order valence-corrected chi connectivity index (χ1v) is 7.16. The second-order valence-electron chi connectivity index (χ2n) is 5.44. The summed E-state index contributed by atoms with van der Waals surface area (Å²) in [5, 5.41) is 0. The van der Waals surface area contributed by atoms with Crippen molar-refractivity contribution < 1.29 is 19.1 Å². The smallest absolute Gasteiger partial charge is 0.308 e. The minimum Gasteiger partial charge on any atom is -0.465 e. The fourth-order valence-corrected chi connectivity index (χ4v) is 1.17. The van der Waals surface area contributed by atoms with E-state index in [4.69, 9.17) is 9.47 Å². The van der Waals surface area contributed by atoms with Crippen molar-refractivity contribution >= 4 is 11.9 Å². The fraction of sp³-hybridized carbons (Fsp3) is 0.529. The molecule has 0 saturated heterocycles. The van der Waals surface area contributed by atoms with Crippen LogP contribution in [0.25, 0.3) is 0 Å². The van der Waals surface area contributed by atoms with E-state index in [2.05, 4.69) is 0 Å². The number of esters is 2. The molecule has 4 nitrogen and oxygen atoms in total. The monoisotopic (exact) mass is 294 g/mol. The molecule has 0 spiro atoms. The van der Waals surface area contributed by atoms with Gasteiger partial charge in [0.15, 0.2) is 0 Å². The van der Waals surface area contributed by atoms with Gasteiger partial charge in [-0.1, -0.05) is 58.0 Å². The highest BCUT2D eigenvalue weighted by molar-refractivity contribution is 5.71. The zero-order chi connectivity index (χ0) is 16.3. The zero-order valence-corrected chi connectivity index (χ0v) is 13.6. The van der Waals surface area contributed by atoms with Crippen LogP contribution in [0, 0.1) is 11.8 Å². The van der Waals surface area contributed by atoms with Crippen molar-refractivity contribution in [1.82, 2.24) is 0 Å². The molecular formula is C17H26O4. The Labute approximate surface area is 127 Å². The third kappa shape index (κ3) is 11.7. The molecule has 0 amide bonds. The van der Waals surface area contributed by atoms with E-state index in [9.17, 15) is 9.59 Å². The van der Waals surface area contributed by atoms with Crippen molar-refractivity contribution in [2.45, 2.75) is 41.2 Å². The molecule has 0 bridgehead atoms. The van der Waals surface area contributed by atoms with Crippen LogP contribution >= 0.6 is 0 Å². The standard InChI is InChI=1S/C9H10O2.C8H16O2/c1-8(10)11-7-9-5-3-2-4-6-9;1-6(2)5-10-8(9)7(3)4/h2-6H,7H2,1H3;6-7H,5H2,1-4H3. The van der Waals surface area contributed by atoms with Crippen LogP contribution in [0.3, 0.4) is 0 Å². The predicted molar refractivity (Wildman–Crippen MR) is 82.5 cm³/mol. The summed E-state index contributed by atoms with van der Waals surface area (Å²) in [6, 6.07) is 9.60. The van der Waals surface area contributed by atoms with Crippen molar-refractivity contribution in [3.8, 4) is 0 Å². The molecule has 1 rings (SSSR count). The lowest BCUT2D eigenvalue weighted by atomic mass is 10.2. The number of ether oxygens (including phenoxy) is 2. The van der Waals surface area contributed by atoms with E-state index >= 15 is 0 Å². The molecule has 0 aromatic heterocycles. The summed E-state index contributed by atoms with van der Waals surface area (Å²) < 4.78 is 9.71. The van der Waals surface area contributed by atoms with Crippen LogP contribution in [0.5, 0.6) is 0 Å². The maximum atomic E-state index is 10.8. The van der Waals surface area contributed by atoms with E-state index in [1.807, 2.05) is 58.0 Å². The molecule has 0 unspecified atom stereocenters. The normalized spacial score (nSPS) is 9.86. The van der Waals surface area contributed by atoms with Gasteiger partial charge >= 0.3 is 11.9 Å². The molecule has 1 aromatic rings. The molecule has 0 heterocycles. The summed E-state index contributed by atoms with van der Waals surface area (Å²) in [5.41, 5.74) is 1.02. The van der Waals surface area contributed by atoms with Crippen molar-refractivity contribution in [2.24, 2.45) is 11.8 Å². The summed E-state index contributed by atoms with van der Waals surface area (Å²) in [6.07, 6.45) is 0. The van der Waals surface area contributed by atoms with E-state index in [1.165, 1.54) is 6.92 Å². The summed E-state index contributed by atoms with van der Waals surface area (Å²) in [4.78, 5) is 21.2. The molecule has 0 fully saturated rings. The van der Waals surface area contributed by atoms with E-state index in [1.54, 1.807) is 0 Å². The fourth-order valence-electron chi connectivity index (χ4n) is 1.17. The lowest BCUT2D eigenvalue weighted by Crippen LogP contribution is -2.14. The Morgan fingerprint density at radius 1 is 1.00 bits per heavy atom. The van der Waals surface area contributed by atoms with Crippen LogP contribution in [0.15, 0.2) is 30.3 Å². The summed E-state index contributed by atoms with van der Waals surface area (Å²) in [7, 11) is 0. The van der Waals surface area contributed by atoms with Gasteiger partial charge in [0.25, 0.3) is 0 Å². The Balaban J connectivity index is 0.000000384. The average molecular weight is 294 g/mol. The van der Waals surface area contributed by atoms with Gasteiger partial charge in [-0.05, 0) is 11.5 Å². The van der Waals surface area contributed by atoms with Gasteiger partial charge in [-0.2, -0.15) is 0 Å². The molecule has 4 heteroatoms. The highest BCUT2D eigenvalue weighted by atomic mass is 16.5. The van der Waals surface area contributed by atoms with Gasteiger partial charge in [0.1, 0.15) is 6.61 Å². The Kier molecular flexibility index (Phi) is 9.94. The third-order valence-electron chi connectivity index (χ3n) is 2.32. The molecule has 0 radical (unpaired) electrons. The highest BCUT2D eigenvalue weighted by Crippen LogP contribution is 2.00. The summed E-state index contributed by atoms with van der Waals surface area (Å²) in [5.74, 6) is 0.0870. The minimum atomic E-state index is -0.242. The van der Waals surface area contributed by atoms with Crippen LogP contribution in [-0.4, -0.2) is 18.5 Å². The largest absolute Gasteiger partial charge is 0.465 e. The maximum absolute atomic E-state index is 10.8. The lowest BCUT2D eigenvalue weighted by molar-refractivity contribution is -0.148. The zero-order valence-electron chi connectivity index (χ0n) is 13.6. The minimum absolute atomic E-state index is 0.00116. The second kappa shape index (κ2) is 10.9. The first kappa shape index (κ1) is 19.2. The third-order valence-corrected chi connectivity index (χ3v) is 2.32. The van der Waals surface area contributed by atoms with E-state index in [-0.39, 0.29) is 17.9 Å². The SMILES string of the molecule is CC(=O)OCc1ccccc1.CC(C)COC(=O)C(C)C. The van der Waals surface area contributed by atoms with Crippen molar-refractivity contribution in [3.05, 3.63) is 35.9 Å². The van der Waals surface area contributed by atoms with Gasteiger partial charge in [-0.3, -0.25) is 9.59 Å². The maximum Gasteiger partial charge on any atom is 0.308 e. The lowest BCUT2D eigenvalue weighted by Gasteiger charge is -2.08. The van der Waals surface area contributed by atoms with Crippen molar-refractivity contribution in [2.75, 3.05) is 6.61 Å². The number of carbonyl (C=O) groups is 2. The van der Waals surface area contributed by atoms with Crippen LogP contribution in [-0.2, 0) is 25.7 Å². The van der Waals surface area contributed by atoms with Gasteiger partial charge in [-0.15, -0.1) is 0 Å². The Bertz CT molecular complexity index is 410. The van der Waals surface area contributed by atoms with Gasteiger partial charge in [0.2, 0.25) is 0 Å². The second-order valence-corrected chi connectivity index (χ2v) is 5.44. The molecule has 1 aromatic carbocycles. The van der Waals surface area contributed by atoms with Crippen molar-refractivity contribution in [1.29, 1.82) is 0 Å². The average Bonchev–Trinajstić information content (AvgIpc) is 2.44. The van der Waals surface area contributed by atoms with Crippen LogP contribution in [0.1, 0.15) is 40.2 Å². The predicted octanol–water partition coefficient (Wildman–Crippen LogP) is 3.59. The van der Waals surface area contributed by atoms with E-state index in [0.29, 0.717) is 19.1 Å². The molecule has 0 N–H and O–H groups in total. The molecule has 0 saturated carbocycles. The topological polar surface area (TPSA) is 52.6 Å². The molecule has 0 aliphatic heterocycles. The first-order valence-electron chi connectivity index (χ1n) is 7.16. The van der Waals surface area contributed by atoms with E-state index in [0.717, 1.165) is 5.56 Å². The Morgan fingerprint density at radius 3 is 2.00 bits per heavy atom. The quantitative estimate of drug-likeness (QED) is 0.779. The molecule has 0 aliphatic carbocycles.